The molecule has 0 amide bonds. The van der Waals surface area contributed by atoms with Crippen LogP contribution in [0, 0.1) is 6.92 Å². The van der Waals surface area contributed by atoms with E-state index in [4.69, 9.17) is 5.73 Å². The van der Waals surface area contributed by atoms with Crippen molar-refractivity contribution >= 4 is 0 Å². The number of hydrogen-bond acceptors (Lipinski definition) is 2. The van der Waals surface area contributed by atoms with Crippen LogP contribution in [0.3, 0.4) is 0 Å². The molecule has 1 aromatic heterocycles. The zero-order chi connectivity index (χ0) is 12.3. The Bertz CT molecular complexity index is 462. The fourth-order valence-electron chi connectivity index (χ4n) is 2.15. The molecule has 2 unspecified atom stereocenters. The molecule has 0 fully saturated rings. The minimum absolute atomic E-state index is 0.103. The van der Waals surface area contributed by atoms with E-state index in [1.807, 2.05) is 12.5 Å². The Labute approximate surface area is 102 Å². The molecule has 0 radical (unpaired) electrons. The van der Waals surface area contributed by atoms with Gasteiger partial charge in [-0.1, -0.05) is 36.8 Å². The predicted molar refractivity (Wildman–Crippen MR) is 69.8 cm³/mol. The van der Waals surface area contributed by atoms with E-state index in [1.165, 1.54) is 11.1 Å². The molecule has 1 heterocycles. The molecule has 2 N–H and O–H groups in total. The molecule has 0 spiro atoms. The zero-order valence-corrected chi connectivity index (χ0v) is 10.4. The quantitative estimate of drug-likeness (QED) is 0.875. The molecule has 2 rings (SSSR count). The van der Waals surface area contributed by atoms with Crippen molar-refractivity contribution in [3.05, 3.63) is 54.1 Å². The van der Waals surface area contributed by atoms with E-state index in [2.05, 4.69) is 47.7 Å². The summed E-state index contributed by atoms with van der Waals surface area (Å²) in [5.41, 5.74) is 8.75. The van der Waals surface area contributed by atoms with E-state index >= 15 is 0 Å². The lowest BCUT2D eigenvalue weighted by atomic mass is 9.96. The van der Waals surface area contributed by atoms with Crippen molar-refractivity contribution in [2.45, 2.75) is 32.4 Å². The summed E-state index contributed by atoms with van der Waals surface area (Å²) in [6.07, 6.45) is 6.55. The third-order valence-corrected chi connectivity index (χ3v) is 3.11. The third-order valence-electron chi connectivity index (χ3n) is 3.11. The first-order valence-electron chi connectivity index (χ1n) is 6.02. The Morgan fingerprint density at radius 3 is 2.82 bits per heavy atom. The molecule has 0 saturated heterocycles. The Morgan fingerprint density at radius 1 is 1.41 bits per heavy atom. The minimum Gasteiger partial charge on any atom is -0.328 e. The Balaban J connectivity index is 2.40. The van der Waals surface area contributed by atoms with Crippen LogP contribution >= 0.6 is 0 Å². The molecule has 3 nitrogen and oxygen atoms in total. The highest BCUT2D eigenvalue weighted by molar-refractivity contribution is 5.27. The monoisotopic (exact) mass is 229 g/mol. The molecule has 3 heteroatoms. The van der Waals surface area contributed by atoms with Gasteiger partial charge in [0.2, 0.25) is 0 Å². The van der Waals surface area contributed by atoms with Crippen LogP contribution in [0.1, 0.15) is 30.5 Å². The average Bonchev–Trinajstić information content (AvgIpc) is 2.83. The maximum absolute atomic E-state index is 6.24. The number of aromatic nitrogens is 2. The van der Waals surface area contributed by atoms with Gasteiger partial charge in [-0.3, -0.25) is 0 Å². The predicted octanol–water partition coefficient (Wildman–Crippen LogP) is 2.52. The summed E-state index contributed by atoms with van der Waals surface area (Å²) in [6, 6.07) is 8.78. The van der Waals surface area contributed by atoms with Crippen molar-refractivity contribution in [3.8, 4) is 0 Å². The van der Waals surface area contributed by atoms with Crippen molar-refractivity contribution in [1.82, 2.24) is 9.55 Å². The van der Waals surface area contributed by atoms with Gasteiger partial charge in [-0.2, -0.15) is 0 Å². The molecule has 0 bridgehead atoms. The van der Waals surface area contributed by atoms with E-state index in [0.29, 0.717) is 0 Å². The lowest BCUT2D eigenvalue weighted by molar-refractivity contribution is 0.458. The second kappa shape index (κ2) is 5.15. The smallest absolute Gasteiger partial charge is 0.0952 e. The summed E-state index contributed by atoms with van der Waals surface area (Å²) >= 11 is 0. The number of nitrogens with zero attached hydrogens (tertiary/aromatic N) is 2. The van der Waals surface area contributed by atoms with Crippen LogP contribution < -0.4 is 5.73 Å². The lowest BCUT2D eigenvalue weighted by Gasteiger charge is -2.25. The second-order valence-corrected chi connectivity index (χ2v) is 4.44. The van der Waals surface area contributed by atoms with Crippen molar-refractivity contribution in [1.29, 1.82) is 0 Å². The van der Waals surface area contributed by atoms with Crippen LogP contribution in [-0.2, 0) is 0 Å². The van der Waals surface area contributed by atoms with Crippen LogP contribution in [-0.4, -0.2) is 15.6 Å². The van der Waals surface area contributed by atoms with Gasteiger partial charge in [0.15, 0.2) is 0 Å². The highest BCUT2D eigenvalue weighted by Gasteiger charge is 2.19. The van der Waals surface area contributed by atoms with Gasteiger partial charge in [0.1, 0.15) is 0 Å². The van der Waals surface area contributed by atoms with Crippen molar-refractivity contribution in [2.24, 2.45) is 5.73 Å². The van der Waals surface area contributed by atoms with E-state index in [-0.39, 0.29) is 12.1 Å². The molecule has 17 heavy (non-hydrogen) atoms. The molecule has 1 aromatic carbocycles. The average molecular weight is 229 g/mol. The zero-order valence-electron chi connectivity index (χ0n) is 10.4. The summed E-state index contributed by atoms with van der Waals surface area (Å²) in [5.74, 6) is 0. The molecule has 2 aromatic rings. The maximum Gasteiger partial charge on any atom is 0.0952 e. The van der Waals surface area contributed by atoms with Gasteiger partial charge < -0.3 is 10.3 Å². The summed E-state index contributed by atoms with van der Waals surface area (Å²) in [6.45, 7) is 4.22. The Kier molecular flexibility index (Phi) is 3.59. The fraction of sp³-hybridized carbons (Fsp3) is 0.357. The second-order valence-electron chi connectivity index (χ2n) is 4.44. The van der Waals surface area contributed by atoms with Gasteiger partial charge in [0.05, 0.1) is 12.4 Å². The minimum atomic E-state index is 0.103. The largest absolute Gasteiger partial charge is 0.328 e. The first-order chi connectivity index (χ1) is 8.22. The van der Waals surface area contributed by atoms with Gasteiger partial charge in [-0.15, -0.1) is 0 Å². The van der Waals surface area contributed by atoms with Crippen LogP contribution in [0.2, 0.25) is 0 Å². The van der Waals surface area contributed by atoms with Crippen molar-refractivity contribution in [2.75, 3.05) is 0 Å². The summed E-state index contributed by atoms with van der Waals surface area (Å²) in [4.78, 5) is 4.12. The van der Waals surface area contributed by atoms with Crippen molar-refractivity contribution < 1.29 is 0 Å². The Hall–Kier alpha value is -1.61. The molecule has 0 aliphatic carbocycles. The first kappa shape index (κ1) is 11.9. The Morgan fingerprint density at radius 2 is 2.24 bits per heavy atom. The molecule has 0 saturated carbocycles. The lowest BCUT2D eigenvalue weighted by Crippen LogP contribution is -2.32. The number of hydrogen-bond donors (Lipinski definition) is 1. The SMILES string of the molecule is CCC(N)C(c1cccc(C)c1)n1ccnc1. The highest BCUT2D eigenvalue weighted by atomic mass is 15.1. The molecule has 2 atom stereocenters. The highest BCUT2D eigenvalue weighted by Crippen LogP contribution is 2.23. The standard InChI is InChI=1S/C14H19N3/c1-3-13(15)14(17-8-7-16-10-17)12-6-4-5-11(2)9-12/h4-10,13-14H,3,15H2,1-2H3. The van der Waals surface area contributed by atoms with E-state index in [9.17, 15) is 0 Å². The number of rotatable bonds is 4. The van der Waals surface area contributed by atoms with Gasteiger partial charge in [0.25, 0.3) is 0 Å². The molecular weight excluding hydrogens is 210 g/mol. The van der Waals surface area contributed by atoms with Crippen molar-refractivity contribution in [3.63, 3.8) is 0 Å². The van der Waals surface area contributed by atoms with Gasteiger partial charge in [0, 0.05) is 18.4 Å². The van der Waals surface area contributed by atoms with E-state index in [0.717, 1.165) is 6.42 Å². The van der Waals surface area contributed by atoms with Crippen LogP contribution in [0.15, 0.2) is 43.0 Å². The number of aryl methyl sites for hydroxylation is 1. The van der Waals surface area contributed by atoms with E-state index in [1.54, 1.807) is 6.20 Å². The van der Waals surface area contributed by atoms with Crippen LogP contribution in [0.25, 0.3) is 0 Å². The molecule has 90 valence electrons. The topological polar surface area (TPSA) is 43.8 Å². The molecular formula is C14H19N3. The van der Waals surface area contributed by atoms with Crippen LogP contribution in [0.5, 0.6) is 0 Å². The van der Waals surface area contributed by atoms with Gasteiger partial charge in [-0.05, 0) is 18.9 Å². The summed E-state index contributed by atoms with van der Waals surface area (Å²) in [7, 11) is 0. The number of benzene rings is 1. The summed E-state index contributed by atoms with van der Waals surface area (Å²) in [5, 5.41) is 0. The molecule has 0 aliphatic heterocycles. The van der Waals surface area contributed by atoms with E-state index < -0.39 is 0 Å². The third kappa shape index (κ3) is 2.56. The number of nitrogens with two attached hydrogens (primary N) is 1. The first-order valence-corrected chi connectivity index (χ1v) is 6.02. The molecule has 0 aliphatic rings. The summed E-state index contributed by atoms with van der Waals surface area (Å²) < 4.78 is 2.09. The number of imidazole rings is 1. The van der Waals surface area contributed by atoms with Gasteiger partial charge >= 0.3 is 0 Å². The normalized spacial score (nSPS) is 14.5. The van der Waals surface area contributed by atoms with Gasteiger partial charge in [-0.25, -0.2) is 4.98 Å². The van der Waals surface area contributed by atoms with Crippen LogP contribution in [0.4, 0.5) is 0 Å². The fourth-order valence-corrected chi connectivity index (χ4v) is 2.15. The maximum atomic E-state index is 6.24.